The number of methoxy groups -OCH3 is 3. The van der Waals surface area contributed by atoms with E-state index in [0.717, 1.165) is 17.7 Å². The summed E-state index contributed by atoms with van der Waals surface area (Å²) in [5.74, 6) is 3.12. The summed E-state index contributed by atoms with van der Waals surface area (Å²) in [6, 6.07) is 14.0. The molecule has 1 atom stereocenters. The van der Waals surface area contributed by atoms with Crippen LogP contribution in [0.1, 0.15) is 44.2 Å². The van der Waals surface area contributed by atoms with Crippen LogP contribution in [0.5, 0.6) is 17.2 Å². The second-order valence-corrected chi connectivity index (χ2v) is 7.54. The molecule has 29 heavy (non-hydrogen) atoms. The highest BCUT2D eigenvalue weighted by Gasteiger charge is 2.19. The molecule has 5 nitrogen and oxygen atoms in total. The van der Waals surface area contributed by atoms with E-state index < -0.39 is 0 Å². The third-order valence-corrected chi connectivity index (χ3v) is 5.33. The number of ether oxygens (including phenoxy) is 3. The van der Waals surface area contributed by atoms with E-state index in [1.54, 1.807) is 28.3 Å². The lowest BCUT2D eigenvalue weighted by molar-refractivity contribution is -0.129. The molecule has 0 bridgehead atoms. The zero-order chi connectivity index (χ0) is 21.4. The molecule has 0 fully saturated rings. The van der Waals surface area contributed by atoms with Gasteiger partial charge in [0.15, 0.2) is 11.5 Å². The minimum Gasteiger partial charge on any atom is -0.497 e. The molecular weight excluding hydrogens is 366 g/mol. The van der Waals surface area contributed by atoms with Crippen molar-refractivity contribution in [2.75, 3.05) is 27.9 Å². The number of hydrogen-bond acceptors (Lipinski definition) is 4. The first-order chi connectivity index (χ1) is 13.9. The van der Waals surface area contributed by atoms with Gasteiger partial charge in [-0.1, -0.05) is 32.0 Å². The van der Waals surface area contributed by atoms with Crippen LogP contribution in [0.4, 0.5) is 0 Å². The number of carbonyl (C=O) groups excluding carboxylic acids is 1. The van der Waals surface area contributed by atoms with E-state index in [1.807, 2.05) is 35.2 Å². The Morgan fingerprint density at radius 2 is 1.59 bits per heavy atom. The quantitative estimate of drug-likeness (QED) is 0.571. The molecule has 0 saturated carbocycles. The van der Waals surface area contributed by atoms with Gasteiger partial charge in [0.25, 0.3) is 0 Å². The van der Waals surface area contributed by atoms with Gasteiger partial charge in [-0.2, -0.15) is 0 Å². The van der Waals surface area contributed by atoms with Crippen LogP contribution < -0.4 is 14.2 Å². The monoisotopic (exact) mass is 399 g/mol. The van der Waals surface area contributed by atoms with Crippen molar-refractivity contribution in [1.82, 2.24) is 4.90 Å². The predicted molar refractivity (Wildman–Crippen MR) is 116 cm³/mol. The first-order valence-electron chi connectivity index (χ1n) is 10.00. The molecule has 0 aromatic heterocycles. The number of benzene rings is 2. The number of rotatable bonds is 10. The Hall–Kier alpha value is -2.69. The Kier molecular flexibility index (Phi) is 8.37. The highest BCUT2D eigenvalue weighted by molar-refractivity contribution is 5.73. The van der Waals surface area contributed by atoms with Gasteiger partial charge in [0.1, 0.15) is 5.75 Å². The van der Waals surface area contributed by atoms with E-state index in [1.165, 1.54) is 5.56 Å². The second kappa shape index (κ2) is 10.7. The van der Waals surface area contributed by atoms with Gasteiger partial charge in [-0.05, 0) is 53.6 Å². The van der Waals surface area contributed by atoms with Gasteiger partial charge in [0.05, 0.1) is 21.3 Å². The van der Waals surface area contributed by atoms with Gasteiger partial charge >= 0.3 is 0 Å². The standard InChI is InChI=1S/C24H33NO4/c1-17(2)22(20-8-10-21(27-4)11-9-20)13-14-25(18(3)26)16-19-7-12-23(28-5)24(15-19)29-6/h7-12,15,17,22H,13-14,16H2,1-6H3/t22-/m1/s1. The lowest BCUT2D eigenvalue weighted by Gasteiger charge is -2.27. The maximum Gasteiger partial charge on any atom is 0.219 e. The van der Waals surface area contributed by atoms with E-state index in [4.69, 9.17) is 14.2 Å². The van der Waals surface area contributed by atoms with Gasteiger partial charge in [-0.25, -0.2) is 0 Å². The van der Waals surface area contributed by atoms with E-state index in [9.17, 15) is 4.79 Å². The molecule has 5 heteroatoms. The van der Waals surface area contributed by atoms with E-state index >= 15 is 0 Å². The number of amides is 1. The molecular formula is C24H33NO4. The van der Waals surface area contributed by atoms with E-state index in [0.29, 0.717) is 36.4 Å². The molecule has 0 aliphatic carbocycles. The minimum atomic E-state index is 0.0667. The van der Waals surface area contributed by atoms with Crippen molar-refractivity contribution in [3.05, 3.63) is 53.6 Å². The summed E-state index contributed by atoms with van der Waals surface area (Å²) < 4.78 is 16.0. The summed E-state index contributed by atoms with van der Waals surface area (Å²) in [5.41, 5.74) is 2.29. The smallest absolute Gasteiger partial charge is 0.219 e. The molecule has 0 spiro atoms. The first kappa shape index (κ1) is 22.6. The molecule has 0 radical (unpaired) electrons. The fourth-order valence-electron chi connectivity index (χ4n) is 3.58. The van der Waals surface area contributed by atoms with Crippen LogP contribution in [-0.2, 0) is 11.3 Å². The van der Waals surface area contributed by atoms with Crippen molar-refractivity contribution in [2.45, 2.75) is 39.7 Å². The lowest BCUT2D eigenvalue weighted by Crippen LogP contribution is -2.30. The minimum absolute atomic E-state index is 0.0667. The van der Waals surface area contributed by atoms with Gasteiger partial charge < -0.3 is 19.1 Å². The molecule has 2 aromatic carbocycles. The Bertz CT molecular complexity index is 786. The fraction of sp³-hybridized carbons (Fsp3) is 0.458. The van der Waals surface area contributed by atoms with E-state index in [2.05, 4.69) is 26.0 Å². The molecule has 2 aromatic rings. The second-order valence-electron chi connectivity index (χ2n) is 7.54. The van der Waals surface area contributed by atoms with Gasteiger partial charge in [0, 0.05) is 20.0 Å². The normalized spacial score (nSPS) is 11.8. The summed E-state index contributed by atoms with van der Waals surface area (Å²) in [5, 5.41) is 0. The number of nitrogens with zero attached hydrogens (tertiary/aromatic N) is 1. The van der Waals surface area contributed by atoms with Crippen molar-refractivity contribution in [2.24, 2.45) is 5.92 Å². The highest BCUT2D eigenvalue weighted by Crippen LogP contribution is 2.31. The zero-order valence-corrected chi connectivity index (χ0v) is 18.4. The van der Waals surface area contributed by atoms with Crippen molar-refractivity contribution < 1.29 is 19.0 Å². The highest BCUT2D eigenvalue weighted by atomic mass is 16.5. The summed E-state index contributed by atoms with van der Waals surface area (Å²) in [6.45, 7) is 7.31. The summed E-state index contributed by atoms with van der Waals surface area (Å²) in [4.78, 5) is 14.2. The molecule has 158 valence electrons. The maximum absolute atomic E-state index is 12.3. The van der Waals surface area contributed by atoms with Gasteiger partial charge in [-0.3, -0.25) is 4.79 Å². The summed E-state index contributed by atoms with van der Waals surface area (Å²) in [6.07, 6.45) is 0.900. The van der Waals surface area contributed by atoms with Crippen molar-refractivity contribution in [3.8, 4) is 17.2 Å². The van der Waals surface area contributed by atoms with Crippen LogP contribution in [0.25, 0.3) is 0 Å². The summed E-state index contributed by atoms with van der Waals surface area (Å²) in [7, 11) is 4.91. The third-order valence-electron chi connectivity index (χ3n) is 5.33. The van der Waals surface area contributed by atoms with Crippen molar-refractivity contribution >= 4 is 5.91 Å². The number of hydrogen-bond donors (Lipinski definition) is 0. The summed E-state index contributed by atoms with van der Waals surface area (Å²) >= 11 is 0. The molecule has 1 amide bonds. The Morgan fingerprint density at radius 1 is 0.931 bits per heavy atom. The van der Waals surface area contributed by atoms with E-state index in [-0.39, 0.29) is 5.91 Å². The lowest BCUT2D eigenvalue weighted by atomic mass is 9.85. The van der Waals surface area contributed by atoms with Gasteiger partial charge in [0.2, 0.25) is 5.91 Å². The molecule has 0 heterocycles. The largest absolute Gasteiger partial charge is 0.497 e. The van der Waals surface area contributed by atoms with Crippen LogP contribution >= 0.6 is 0 Å². The molecule has 0 unspecified atom stereocenters. The van der Waals surface area contributed by atoms with Crippen LogP contribution in [0, 0.1) is 5.92 Å². The van der Waals surface area contributed by atoms with Crippen LogP contribution in [0.2, 0.25) is 0 Å². The zero-order valence-electron chi connectivity index (χ0n) is 18.4. The SMILES string of the molecule is COc1ccc([C@H](CCN(Cc2ccc(OC)c(OC)c2)C(C)=O)C(C)C)cc1. The topological polar surface area (TPSA) is 48.0 Å². The van der Waals surface area contributed by atoms with Crippen LogP contribution in [0.3, 0.4) is 0 Å². The first-order valence-corrected chi connectivity index (χ1v) is 10.00. The van der Waals surface area contributed by atoms with Crippen LogP contribution in [-0.4, -0.2) is 38.7 Å². The van der Waals surface area contributed by atoms with Crippen molar-refractivity contribution in [1.29, 1.82) is 0 Å². The Balaban J connectivity index is 2.11. The average Bonchev–Trinajstić information content (AvgIpc) is 2.72. The van der Waals surface area contributed by atoms with Crippen molar-refractivity contribution in [3.63, 3.8) is 0 Å². The third kappa shape index (κ3) is 6.14. The molecule has 0 N–H and O–H groups in total. The Morgan fingerprint density at radius 3 is 2.10 bits per heavy atom. The fourth-order valence-corrected chi connectivity index (χ4v) is 3.58. The Labute approximate surface area is 174 Å². The molecule has 0 aliphatic heterocycles. The molecule has 0 aliphatic rings. The average molecular weight is 400 g/mol. The maximum atomic E-state index is 12.3. The molecule has 0 saturated heterocycles. The van der Waals surface area contributed by atoms with Gasteiger partial charge in [-0.15, -0.1) is 0 Å². The predicted octanol–water partition coefficient (Wildman–Crippen LogP) is 4.89. The number of carbonyl (C=O) groups is 1. The molecule has 2 rings (SSSR count). The van der Waals surface area contributed by atoms with Crippen LogP contribution in [0.15, 0.2) is 42.5 Å².